The van der Waals surface area contributed by atoms with Crippen molar-refractivity contribution in [2.24, 2.45) is 5.73 Å². The number of hydrogen-bond acceptors (Lipinski definition) is 7. The lowest BCUT2D eigenvalue weighted by Gasteiger charge is -2.15. The second kappa shape index (κ2) is 10.2. The summed E-state index contributed by atoms with van der Waals surface area (Å²) in [4.78, 5) is 20.7. The van der Waals surface area contributed by atoms with Crippen LogP contribution in [0.4, 0.5) is 13.2 Å². The van der Waals surface area contributed by atoms with Gasteiger partial charge in [-0.05, 0) is 49.2 Å². The van der Waals surface area contributed by atoms with Gasteiger partial charge >= 0.3 is 12.1 Å². The third-order valence-electron chi connectivity index (χ3n) is 4.52. The molecule has 3 aromatic rings. The summed E-state index contributed by atoms with van der Waals surface area (Å²) in [5.74, 6) is -3.72. The summed E-state index contributed by atoms with van der Waals surface area (Å²) in [7, 11) is -4.12. The quantitative estimate of drug-likeness (QED) is 0.350. The number of halogens is 3. The fourth-order valence-corrected chi connectivity index (χ4v) is 3.70. The summed E-state index contributed by atoms with van der Waals surface area (Å²) in [5, 5.41) is 24.5. The van der Waals surface area contributed by atoms with Gasteiger partial charge in [0.1, 0.15) is 6.04 Å². The zero-order valence-electron chi connectivity index (χ0n) is 17.8. The van der Waals surface area contributed by atoms with Crippen LogP contribution in [0.5, 0.6) is 0 Å². The van der Waals surface area contributed by atoms with E-state index in [0.29, 0.717) is 5.56 Å². The van der Waals surface area contributed by atoms with Gasteiger partial charge in [-0.25, -0.2) is 17.9 Å². The Bertz CT molecular complexity index is 1310. The maximum absolute atomic E-state index is 12.5. The van der Waals surface area contributed by atoms with Crippen molar-refractivity contribution >= 4 is 32.8 Å². The number of rotatable bonds is 5. The topological polar surface area (TPSA) is 175 Å². The Morgan fingerprint density at radius 2 is 1.74 bits per heavy atom. The van der Waals surface area contributed by atoms with Crippen LogP contribution in [-0.2, 0) is 19.6 Å². The minimum atomic E-state index is -5.08. The lowest BCUT2D eigenvalue weighted by atomic mass is 10.0. The van der Waals surface area contributed by atoms with E-state index in [4.69, 9.17) is 15.6 Å². The molecule has 0 aliphatic carbocycles. The smallest absolute Gasteiger partial charge is 0.475 e. The number of benzene rings is 2. The first-order chi connectivity index (χ1) is 15.6. The lowest BCUT2D eigenvalue weighted by Crippen LogP contribution is -2.48. The van der Waals surface area contributed by atoms with Crippen molar-refractivity contribution in [3.63, 3.8) is 0 Å². The minimum Gasteiger partial charge on any atom is -0.475 e. The molecule has 34 heavy (non-hydrogen) atoms. The highest BCUT2D eigenvalue weighted by molar-refractivity contribution is 7.90. The highest BCUT2D eigenvalue weighted by atomic mass is 32.2. The van der Waals surface area contributed by atoms with Crippen LogP contribution in [0, 0.1) is 6.92 Å². The zero-order chi connectivity index (χ0) is 25.8. The molecule has 1 aromatic heterocycles. The third kappa shape index (κ3) is 6.52. The van der Waals surface area contributed by atoms with Gasteiger partial charge in [0, 0.05) is 11.1 Å². The van der Waals surface area contributed by atoms with E-state index >= 15 is 0 Å². The van der Waals surface area contributed by atoms with Gasteiger partial charge in [0.05, 0.1) is 16.5 Å². The first-order valence-electron chi connectivity index (χ1n) is 9.49. The Labute approximate surface area is 191 Å². The number of carboxylic acids is 1. The van der Waals surface area contributed by atoms with E-state index in [2.05, 4.69) is 10.2 Å². The summed E-state index contributed by atoms with van der Waals surface area (Å²) in [5.41, 5.74) is 8.71. The van der Waals surface area contributed by atoms with Crippen LogP contribution in [-0.4, -0.2) is 59.0 Å². The normalized spacial score (nSPS) is 13.5. The molecule has 0 fully saturated rings. The standard InChI is InChI=1S/C18H20N4O4S.C2HF3O2/c1-10-15-9-13(6-7-16(15)21-20-10)12-4-3-5-14(8-12)27(25,26)22-18(24)17(19)11(2)23;3-2(4,5)1(6)7/h3-9,11,17,23H,19H2,1-2H3,(H,20,21)(H,22,24);(H,6,7)/t11-,17+;/m1./s1. The molecule has 184 valence electrons. The number of alkyl halides is 3. The van der Waals surface area contributed by atoms with Crippen LogP contribution in [0.1, 0.15) is 12.6 Å². The van der Waals surface area contributed by atoms with E-state index in [9.17, 15) is 31.5 Å². The van der Waals surface area contributed by atoms with Gasteiger partial charge in [-0.15, -0.1) is 0 Å². The van der Waals surface area contributed by atoms with E-state index in [1.165, 1.54) is 19.1 Å². The molecule has 0 saturated heterocycles. The highest BCUT2D eigenvalue weighted by Gasteiger charge is 2.38. The molecule has 2 aromatic carbocycles. The molecule has 0 radical (unpaired) electrons. The van der Waals surface area contributed by atoms with Crippen LogP contribution in [0.3, 0.4) is 0 Å². The fraction of sp³-hybridized carbons (Fsp3) is 0.250. The highest BCUT2D eigenvalue weighted by Crippen LogP contribution is 2.27. The first kappa shape index (κ1) is 26.8. The number of H-pyrrole nitrogens is 1. The van der Waals surface area contributed by atoms with Crippen molar-refractivity contribution in [1.29, 1.82) is 0 Å². The molecule has 0 aliphatic rings. The number of aliphatic carboxylic acids is 1. The summed E-state index contributed by atoms with van der Waals surface area (Å²) in [6.45, 7) is 3.21. The Morgan fingerprint density at radius 1 is 1.15 bits per heavy atom. The molecule has 0 aliphatic heterocycles. The molecule has 2 atom stereocenters. The number of hydrogen-bond donors (Lipinski definition) is 5. The Kier molecular flexibility index (Phi) is 8.02. The van der Waals surface area contributed by atoms with E-state index in [-0.39, 0.29) is 4.90 Å². The van der Waals surface area contributed by atoms with Gasteiger partial charge in [-0.3, -0.25) is 9.89 Å². The van der Waals surface area contributed by atoms with Crippen molar-refractivity contribution in [3.05, 3.63) is 48.2 Å². The fourth-order valence-electron chi connectivity index (χ4n) is 2.64. The number of aliphatic hydroxyl groups excluding tert-OH is 1. The summed E-state index contributed by atoms with van der Waals surface area (Å²) in [6, 6.07) is 10.5. The second-order valence-corrected chi connectivity index (χ2v) is 8.83. The van der Waals surface area contributed by atoms with Crippen LogP contribution in [0.25, 0.3) is 22.0 Å². The van der Waals surface area contributed by atoms with Crippen molar-refractivity contribution in [1.82, 2.24) is 14.9 Å². The average molecular weight is 502 g/mol. The Hall–Kier alpha value is -3.49. The van der Waals surface area contributed by atoms with Crippen molar-refractivity contribution in [2.45, 2.75) is 37.1 Å². The number of nitrogens with zero attached hydrogens (tertiary/aromatic N) is 1. The molecule has 0 unspecified atom stereocenters. The number of aliphatic hydroxyl groups is 1. The molecule has 6 N–H and O–H groups in total. The third-order valence-corrected chi connectivity index (χ3v) is 5.87. The van der Waals surface area contributed by atoms with Crippen LogP contribution >= 0.6 is 0 Å². The molecule has 3 rings (SSSR count). The van der Waals surface area contributed by atoms with E-state index in [0.717, 1.165) is 22.2 Å². The maximum atomic E-state index is 12.5. The number of amides is 1. The van der Waals surface area contributed by atoms with Crippen LogP contribution < -0.4 is 10.5 Å². The lowest BCUT2D eigenvalue weighted by molar-refractivity contribution is -0.192. The minimum absolute atomic E-state index is 0.0739. The predicted molar refractivity (Wildman–Crippen MR) is 115 cm³/mol. The molecule has 1 heterocycles. The van der Waals surface area contributed by atoms with Gasteiger partial charge < -0.3 is 15.9 Å². The number of carbonyl (C=O) groups is 2. The largest absolute Gasteiger partial charge is 0.490 e. The zero-order valence-corrected chi connectivity index (χ0v) is 18.6. The van der Waals surface area contributed by atoms with E-state index in [1.807, 2.05) is 29.8 Å². The monoisotopic (exact) mass is 502 g/mol. The van der Waals surface area contributed by atoms with Gasteiger partial charge in [0.2, 0.25) is 0 Å². The molecule has 1 amide bonds. The summed E-state index contributed by atoms with van der Waals surface area (Å²) in [6.07, 6.45) is -6.25. The number of aromatic nitrogens is 2. The molecule has 0 spiro atoms. The SMILES string of the molecule is Cc1[nH]nc2ccc(-c3cccc(S(=O)(=O)NC(=O)[C@@H](N)[C@@H](C)O)c3)cc12.O=C(O)C(F)(F)F. The summed E-state index contributed by atoms with van der Waals surface area (Å²) < 4.78 is 58.6. The van der Waals surface area contributed by atoms with Crippen LogP contribution in [0.2, 0.25) is 0 Å². The number of carbonyl (C=O) groups excluding carboxylic acids is 1. The number of sulfonamides is 1. The number of fused-ring (bicyclic) bond motifs is 1. The number of aromatic amines is 1. The number of nitrogens with one attached hydrogen (secondary N) is 2. The van der Waals surface area contributed by atoms with E-state index in [1.54, 1.807) is 12.1 Å². The molecular weight excluding hydrogens is 481 g/mol. The molecule has 14 heteroatoms. The van der Waals surface area contributed by atoms with Crippen molar-refractivity contribution in [3.8, 4) is 11.1 Å². The molecular formula is C20H21F3N4O6S. The van der Waals surface area contributed by atoms with Crippen molar-refractivity contribution < 1.29 is 41.4 Å². The summed E-state index contributed by atoms with van der Waals surface area (Å²) >= 11 is 0. The van der Waals surface area contributed by atoms with Gasteiger partial charge in [0.25, 0.3) is 15.9 Å². The average Bonchev–Trinajstić information content (AvgIpc) is 3.12. The number of carboxylic acid groups (broad SMARTS) is 1. The number of nitrogens with two attached hydrogens (primary N) is 1. The first-order valence-corrected chi connectivity index (χ1v) is 11.0. The van der Waals surface area contributed by atoms with E-state index < -0.39 is 40.2 Å². The van der Waals surface area contributed by atoms with Gasteiger partial charge in [-0.2, -0.15) is 18.3 Å². The second-order valence-electron chi connectivity index (χ2n) is 7.15. The molecule has 10 nitrogen and oxygen atoms in total. The Morgan fingerprint density at radius 3 is 2.29 bits per heavy atom. The predicted octanol–water partition coefficient (Wildman–Crippen LogP) is 1.68. The van der Waals surface area contributed by atoms with Gasteiger partial charge in [-0.1, -0.05) is 18.2 Å². The van der Waals surface area contributed by atoms with Crippen LogP contribution in [0.15, 0.2) is 47.4 Å². The molecule has 0 saturated carbocycles. The number of aryl methyl sites for hydroxylation is 1. The van der Waals surface area contributed by atoms with Gasteiger partial charge in [0.15, 0.2) is 0 Å². The molecule has 0 bridgehead atoms. The maximum Gasteiger partial charge on any atom is 0.490 e. The Balaban J connectivity index is 0.000000509. The van der Waals surface area contributed by atoms with Crippen molar-refractivity contribution in [2.75, 3.05) is 0 Å².